The van der Waals surface area contributed by atoms with Gasteiger partial charge in [0.05, 0.1) is 17.8 Å². The van der Waals surface area contributed by atoms with Crippen LogP contribution in [0, 0.1) is 5.82 Å². The molecule has 0 saturated carbocycles. The molecule has 1 aliphatic heterocycles. The SMILES string of the molecule is O=C(N[C@@H](Cc1ccc(F)cc1)C(=O)N1CCC[C@@H](O)C1)c1cc2cc(Cl)ncc2[nH]1. The van der Waals surface area contributed by atoms with Crippen LogP contribution in [0.25, 0.3) is 10.9 Å². The number of hydrogen-bond acceptors (Lipinski definition) is 4. The number of carbonyl (C=O) groups excluding carboxylic acids is 2. The average molecular weight is 445 g/mol. The largest absolute Gasteiger partial charge is 0.391 e. The van der Waals surface area contributed by atoms with Gasteiger partial charge in [0.25, 0.3) is 5.91 Å². The third-order valence-electron chi connectivity index (χ3n) is 5.38. The van der Waals surface area contributed by atoms with Crippen molar-refractivity contribution in [2.45, 2.75) is 31.4 Å². The molecular formula is C22H22ClFN4O3. The Morgan fingerprint density at radius 1 is 1.32 bits per heavy atom. The molecule has 0 bridgehead atoms. The summed E-state index contributed by atoms with van der Waals surface area (Å²) in [5, 5.41) is 13.8. The van der Waals surface area contributed by atoms with E-state index in [0.29, 0.717) is 35.6 Å². The molecule has 0 unspecified atom stereocenters. The van der Waals surface area contributed by atoms with Crippen molar-refractivity contribution in [1.29, 1.82) is 0 Å². The fourth-order valence-electron chi connectivity index (χ4n) is 3.79. The molecule has 0 aliphatic carbocycles. The van der Waals surface area contributed by atoms with Crippen molar-refractivity contribution >= 4 is 34.3 Å². The Bertz CT molecular complexity index is 1100. The number of piperidine rings is 1. The normalized spacial score (nSPS) is 17.5. The summed E-state index contributed by atoms with van der Waals surface area (Å²) in [5.74, 6) is -1.11. The van der Waals surface area contributed by atoms with Crippen LogP contribution in [0.3, 0.4) is 0 Å². The zero-order chi connectivity index (χ0) is 22.0. The van der Waals surface area contributed by atoms with Crippen molar-refractivity contribution in [3.63, 3.8) is 0 Å². The third-order valence-corrected chi connectivity index (χ3v) is 5.59. The Kier molecular flexibility index (Phi) is 6.20. The van der Waals surface area contributed by atoms with Crippen LogP contribution in [0.5, 0.6) is 0 Å². The van der Waals surface area contributed by atoms with Gasteiger partial charge in [0.1, 0.15) is 22.7 Å². The molecule has 4 rings (SSSR count). The second-order valence-electron chi connectivity index (χ2n) is 7.71. The van der Waals surface area contributed by atoms with Gasteiger partial charge in [0.15, 0.2) is 0 Å². The highest BCUT2D eigenvalue weighted by Gasteiger charge is 2.30. The van der Waals surface area contributed by atoms with E-state index in [4.69, 9.17) is 11.6 Å². The quantitative estimate of drug-likeness (QED) is 0.527. The number of aromatic amines is 1. The number of pyridine rings is 1. The van der Waals surface area contributed by atoms with Crippen LogP contribution in [0.1, 0.15) is 28.9 Å². The van der Waals surface area contributed by atoms with E-state index >= 15 is 0 Å². The van der Waals surface area contributed by atoms with Gasteiger partial charge in [-0.3, -0.25) is 9.59 Å². The van der Waals surface area contributed by atoms with Gasteiger partial charge in [-0.1, -0.05) is 23.7 Å². The van der Waals surface area contributed by atoms with E-state index in [1.165, 1.54) is 18.3 Å². The van der Waals surface area contributed by atoms with E-state index in [1.807, 2.05) is 0 Å². The highest BCUT2D eigenvalue weighted by atomic mass is 35.5. The molecule has 7 nitrogen and oxygen atoms in total. The second-order valence-corrected chi connectivity index (χ2v) is 8.10. The van der Waals surface area contributed by atoms with Gasteiger partial charge in [-0.15, -0.1) is 0 Å². The number of nitrogens with one attached hydrogen (secondary N) is 2. The summed E-state index contributed by atoms with van der Waals surface area (Å²) in [5.41, 5.74) is 1.63. The maximum absolute atomic E-state index is 13.3. The van der Waals surface area contributed by atoms with Crippen molar-refractivity contribution in [2.75, 3.05) is 13.1 Å². The van der Waals surface area contributed by atoms with Crippen molar-refractivity contribution in [2.24, 2.45) is 0 Å². The van der Waals surface area contributed by atoms with Gasteiger partial charge >= 0.3 is 0 Å². The van der Waals surface area contributed by atoms with Crippen LogP contribution in [-0.2, 0) is 11.2 Å². The topological polar surface area (TPSA) is 98.3 Å². The minimum Gasteiger partial charge on any atom is -0.391 e. The monoisotopic (exact) mass is 444 g/mol. The number of aromatic nitrogens is 2. The summed E-state index contributed by atoms with van der Waals surface area (Å²) in [7, 11) is 0. The first-order valence-electron chi connectivity index (χ1n) is 10.1. The molecule has 162 valence electrons. The maximum Gasteiger partial charge on any atom is 0.268 e. The number of aliphatic hydroxyl groups excluding tert-OH is 1. The van der Waals surface area contributed by atoms with E-state index in [2.05, 4.69) is 15.3 Å². The Hall–Kier alpha value is -2.97. The van der Waals surface area contributed by atoms with Crippen LogP contribution < -0.4 is 5.32 Å². The summed E-state index contributed by atoms with van der Waals surface area (Å²) in [6, 6.07) is 8.22. The van der Waals surface area contributed by atoms with Gasteiger partial charge in [0.2, 0.25) is 5.91 Å². The summed E-state index contributed by atoms with van der Waals surface area (Å²) in [6.07, 6.45) is 2.49. The lowest BCUT2D eigenvalue weighted by molar-refractivity contribution is -0.136. The molecule has 31 heavy (non-hydrogen) atoms. The zero-order valence-corrected chi connectivity index (χ0v) is 17.4. The summed E-state index contributed by atoms with van der Waals surface area (Å²) < 4.78 is 13.3. The van der Waals surface area contributed by atoms with Gasteiger partial charge in [-0.25, -0.2) is 9.37 Å². The minimum absolute atomic E-state index is 0.199. The fourth-order valence-corrected chi connectivity index (χ4v) is 3.96. The molecule has 1 saturated heterocycles. The Morgan fingerprint density at radius 2 is 2.10 bits per heavy atom. The number of fused-ring (bicyclic) bond motifs is 1. The van der Waals surface area contributed by atoms with Crippen molar-refractivity contribution < 1.29 is 19.1 Å². The van der Waals surface area contributed by atoms with Gasteiger partial charge in [-0.2, -0.15) is 0 Å². The number of benzene rings is 1. The Morgan fingerprint density at radius 3 is 2.84 bits per heavy atom. The van der Waals surface area contributed by atoms with Crippen LogP contribution in [-0.4, -0.2) is 57.0 Å². The molecule has 3 N–H and O–H groups in total. The molecular weight excluding hydrogens is 423 g/mol. The first kappa shape index (κ1) is 21.3. The van der Waals surface area contributed by atoms with Gasteiger partial charge in [-0.05, 0) is 42.7 Å². The van der Waals surface area contributed by atoms with E-state index in [0.717, 1.165) is 5.39 Å². The summed E-state index contributed by atoms with van der Waals surface area (Å²) >= 11 is 5.91. The summed E-state index contributed by atoms with van der Waals surface area (Å²) in [6.45, 7) is 0.743. The molecule has 0 spiro atoms. The number of halogens is 2. The molecule has 3 heterocycles. The standard InChI is InChI=1S/C22H22ClFN4O3/c23-20-10-14-9-17(26-19(14)11-25-20)21(30)27-18(8-13-3-5-15(24)6-4-13)22(31)28-7-1-2-16(29)12-28/h3-6,9-11,16,18,26,29H,1-2,7-8,12H2,(H,27,30)/t16-,18+/m1/s1. The lowest BCUT2D eigenvalue weighted by Crippen LogP contribution is -2.53. The average Bonchev–Trinajstić information content (AvgIpc) is 3.17. The van der Waals surface area contributed by atoms with E-state index in [1.54, 1.807) is 29.2 Å². The highest BCUT2D eigenvalue weighted by molar-refractivity contribution is 6.30. The molecule has 0 radical (unpaired) electrons. The van der Waals surface area contributed by atoms with Crippen molar-refractivity contribution in [3.8, 4) is 0 Å². The predicted molar refractivity (Wildman–Crippen MR) is 114 cm³/mol. The Balaban J connectivity index is 1.56. The predicted octanol–water partition coefficient (Wildman–Crippen LogP) is 2.68. The molecule has 2 aromatic heterocycles. The molecule has 9 heteroatoms. The van der Waals surface area contributed by atoms with Crippen LogP contribution >= 0.6 is 11.6 Å². The smallest absolute Gasteiger partial charge is 0.268 e. The first-order chi connectivity index (χ1) is 14.9. The number of β-amino-alcohol motifs (C(OH)–C–C–N with tert-alkyl or cyclic N) is 1. The molecule has 1 aliphatic rings. The molecule has 1 fully saturated rings. The lowest BCUT2D eigenvalue weighted by Gasteiger charge is -2.33. The number of aliphatic hydroxyl groups is 1. The number of hydrogen-bond donors (Lipinski definition) is 3. The maximum atomic E-state index is 13.3. The number of nitrogens with zero attached hydrogens (tertiary/aromatic N) is 2. The van der Waals surface area contributed by atoms with Crippen LogP contribution in [0.2, 0.25) is 5.15 Å². The van der Waals surface area contributed by atoms with Crippen molar-refractivity contribution in [3.05, 3.63) is 64.8 Å². The second kappa shape index (κ2) is 9.03. The van der Waals surface area contributed by atoms with Crippen molar-refractivity contribution in [1.82, 2.24) is 20.2 Å². The number of amides is 2. The number of H-pyrrole nitrogens is 1. The van der Waals surface area contributed by atoms with Gasteiger partial charge in [0, 0.05) is 24.9 Å². The first-order valence-corrected chi connectivity index (χ1v) is 10.4. The van der Waals surface area contributed by atoms with Crippen LogP contribution in [0.15, 0.2) is 42.6 Å². The number of likely N-dealkylation sites (tertiary alicyclic amines) is 1. The van der Waals surface area contributed by atoms with E-state index in [-0.39, 0.29) is 30.4 Å². The van der Waals surface area contributed by atoms with Gasteiger partial charge < -0.3 is 20.3 Å². The molecule has 2 amide bonds. The van der Waals surface area contributed by atoms with E-state index < -0.39 is 18.1 Å². The molecule has 3 aromatic rings. The Labute approximate surface area is 183 Å². The third kappa shape index (κ3) is 5.03. The minimum atomic E-state index is -0.864. The number of rotatable bonds is 5. The van der Waals surface area contributed by atoms with Crippen LogP contribution in [0.4, 0.5) is 4.39 Å². The zero-order valence-electron chi connectivity index (χ0n) is 16.6. The lowest BCUT2D eigenvalue weighted by atomic mass is 10.0. The molecule has 2 atom stereocenters. The van der Waals surface area contributed by atoms with E-state index in [9.17, 15) is 19.1 Å². The fraction of sp³-hybridized carbons (Fsp3) is 0.318. The number of carbonyl (C=O) groups is 2. The summed E-state index contributed by atoms with van der Waals surface area (Å²) in [4.78, 5) is 34.6. The molecule has 1 aromatic carbocycles. The highest BCUT2D eigenvalue weighted by Crippen LogP contribution is 2.19.